The Kier molecular flexibility index (Phi) is 9.37. The Balaban J connectivity index is 0.00000420. The number of benzene rings is 3. The summed E-state index contributed by atoms with van der Waals surface area (Å²) in [7, 11) is 1.50. The molecule has 0 aliphatic rings. The van der Waals surface area contributed by atoms with Crippen molar-refractivity contribution < 1.29 is 71.6 Å². The molecular formula is C28H23F3NNaO6. The van der Waals surface area contributed by atoms with E-state index in [1.165, 1.54) is 25.3 Å². The fraction of sp³-hybridized carbons (Fsp3) is 0.214. The van der Waals surface area contributed by atoms with Gasteiger partial charge in [-0.05, 0) is 61.9 Å². The number of fused-ring (bicyclic) bond motifs is 1. The maximum Gasteiger partial charge on any atom is 1.00 e. The number of alkyl halides is 3. The van der Waals surface area contributed by atoms with Crippen molar-refractivity contribution >= 4 is 22.7 Å². The molecule has 198 valence electrons. The minimum Gasteiger partial charge on any atom is -0.546 e. The first-order chi connectivity index (χ1) is 18.0. The van der Waals surface area contributed by atoms with Crippen LogP contribution in [0.3, 0.4) is 0 Å². The number of nitrogens with zero attached hydrogens (tertiary/aromatic N) is 1. The molecule has 0 saturated heterocycles. The first-order valence-electron chi connectivity index (χ1n) is 11.6. The Morgan fingerprint density at radius 1 is 0.974 bits per heavy atom. The van der Waals surface area contributed by atoms with Crippen molar-refractivity contribution in [1.29, 1.82) is 0 Å². The van der Waals surface area contributed by atoms with E-state index in [1.54, 1.807) is 60.9 Å². The largest absolute Gasteiger partial charge is 1.00 e. The standard InChI is InChI=1S/C28H24F3NO6.Na/c1-4-24(27(34)35)37-20-7-5-6-18(14-20)32-16(2)25(26(33)17-8-10-19(36-3)11-9-17)22-13-12-21(15-23(22)32)38-28(29,30)31;/h5-15,24H,4H2,1-3H3,(H,34,35);/q;+1/p-1. The molecule has 1 aromatic heterocycles. The summed E-state index contributed by atoms with van der Waals surface area (Å²) in [5.41, 5.74) is 1.83. The van der Waals surface area contributed by atoms with Gasteiger partial charge < -0.3 is 28.7 Å². The monoisotopic (exact) mass is 549 g/mol. The van der Waals surface area contributed by atoms with Crippen molar-refractivity contribution in [3.8, 4) is 22.9 Å². The van der Waals surface area contributed by atoms with E-state index in [0.717, 1.165) is 6.07 Å². The van der Waals surface area contributed by atoms with E-state index in [-0.39, 0.29) is 58.6 Å². The molecule has 0 spiro atoms. The Labute approximate surface area is 244 Å². The molecule has 0 aliphatic heterocycles. The van der Waals surface area contributed by atoms with Crippen LogP contribution in [0.15, 0.2) is 66.7 Å². The number of halogens is 3. The van der Waals surface area contributed by atoms with Crippen molar-refractivity contribution in [2.75, 3.05) is 7.11 Å². The van der Waals surface area contributed by atoms with Crippen LogP contribution in [0.1, 0.15) is 35.0 Å². The second-order valence-electron chi connectivity index (χ2n) is 8.41. The number of aliphatic carboxylic acids is 1. The van der Waals surface area contributed by atoms with Crippen LogP contribution >= 0.6 is 0 Å². The van der Waals surface area contributed by atoms with Crippen LogP contribution in [-0.4, -0.2) is 35.9 Å². The summed E-state index contributed by atoms with van der Waals surface area (Å²) in [6.45, 7) is 3.30. The summed E-state index contributed by atoms with van der Waals surface area (Å²) in [4.78, 5) is 24.9. The van der Waals surface area contributed by atoms with Gasteiger partial charge in [-0.2, -0.15) is 0 Å². The maximum absolute atomic E-state index is 13.6. The van der Waals surface area contributed by atoms with E-state index in [9.17, 15) is 27.9 Å². The number of carboxylic acid groups (broad SMARTS) is 1. The van der Waals surface area contributed by atoms with E-state index in [4.69, 9.17) is 9.47 Å². The van der Waals surface area contributed by atoms with Crippen molar-refractivity contribution in [1.82, 2.24) is 4.57 Å². The molecule has 0 fully saturated rings. The van der Waals surface area contributed by atoms with Crippen LogP contribution in [0.4, 0.5) is 13.2 Å². The summed E-state index contributed by atoms with van der Waals surface area (Å²) >= 11 is 0. The number of carbonyl (C=O) groups excluding carboxylic acids is 2. The van der Waals surface area contributed by atoms with E-state index in [1.807, 2.05) is 0 Å². The molecule has 4 rings (SSSR count). The van der Waals surface area contributed by atoms with Gasteiger partial charge in [0.15, 0.2) is 5.78 Å². The first kappa shape index (κ1) is 30.1. The number of hydrogen-bond donors (Lipinski definition) is 0. The van der Waals surface area contributed by atoms with Crippen LogP contribution in [0.2, 0.25) is 0 Å². The predicted molar refractivity (Wildman–Crippen MR) is 131 cm³/mol. The van der Waals surface area contributed by atoms with Crippen LogP contribution in [-0.2, 0) is 4.79 Å². The Morgan fingerprint density at radius 2 is 1.64 bits per heavy atom. The van der Waals surface area contributed by atoms with Gasteiger partial charge in [-0.1, -0.05) is 13.0 Å². The fourth-order valence-corrected chi connectivity index (χ4v) is 4.26. The van der Waals surface area contributed by atoms with Gasteiger partial charge in [0.2, 0.25) is 0 Å². The number of carbonyl (C=O) groups is 2. The molecular weight excluding hydrogens is 526 g/mol. The molecule has 0 bridgehead atoms. The molecule has 0 aliphatic carbocycles. The minimum atomic E-state index is -4.91. The van der Waals surface area contributed by atoms with E-state index in [0.29, 0.717) is 28.1 Å². The third kappa shape index (κ3) is 6.58. The predicted octanol–water partition coefficient (Wildman–Crippen LogP) is 1.99. The number of rotatable bonds is 9. The smallest absolute Gasteiger partial charge is 0.546 e. The van der Waals surface area contributed by atoms with Gasteiger partial charge in [0.25, 0.3) is 0 Å². The zero-order valence-corrected chi connectivity index (χ0v) is 23.7. The van der Waals surface area contributed by atoms with Crippen molar-refractivity contribution in [3.63, 3.8) is 0 Å². The van der Waals surface area contributed by atoms with Gasteiger partial charge in [-0.3, -0.25) is 4.79 Å². The normalized spacial score (nSPS) is 11.9. The molecule has 0 amide bonds. The van der Waals surface area contributed by atoms with Crippen molar-refractivity contribution in [2.24, 2.45) is 0 Å². The average molecular weight is 549 g/mol. The topological polar surface area (TPSA) is 89.8 Å². The van der Waals surface area contributed by atoms with Crippen LogP contribution in [0.5, 0.6) is 17.2 Å². The zero-order chi connectivity index (χ0) is 27.6. The number of ether oxygens (including phenoxy) is 3. The number of ketones is 1. The van der Waals surface area contributed by atoms with Crippen molar-refractivity contribution in [3.05, 3.63) is 83.6 Å². The maximum atomic E-state index is 13.6. The van der Waals surface area contributed by atoms with E-state index < -0.39 is 24.2 Å². The molecule has 0 radical (unpaired) electrons. The molecule has 0 N–H and O–H groups in total. The summed E-state index contributed by atoms with van der Waals surface area (Å²) in [6.07, 6.45) is -5.93. The Bertz CT molecular complexity index is 1500. The third-order valence-corrected chi connectivity index (χ3v) is 5.98. The molecule has 39 heavy (non-hydrogen) atoms. The molecule has 0 saturated carbocycles. The second kappa shape index (κ2) is 12.1. The second-order valence-corrected chi connectivity index (χ2v) is 8.41. The summed E-state index contributed by atoms with van der Waals surface area (Å²) in [5.74, 6) is -1.39. The number of carboxylic acids is 1. The van der Waals surface area contributed by atoms with Gasteiger partial charge in [-0.15, -0.1) is 13.2 Å². The first-order valence-corrected chi connectivity index (χ1v) is 11.6. The summed E-state index contributed by atoms with van der Waals surface area (Å²) in [5, 5.41) is 11.7. The van der Waals surface area contributed by atoms with Gasteiger partial charge in [0.1, 0.15) is 23.4 Å². The molecule has 1 heterocycles. The van der Waals surface area contributed by atoms with E-state index >= 15 is 0 Å². The Morgan fingerprint density at radius 3 is 2.23 bits per heavy atom. The molecule has 4 aromatic rings. The molecule has 1 unspecified atom stereocenters. The number of methoxy groups -OCH3 is 1. The summed E-state index contributed by atoms with van der Waals surface area (Å²) in [6, 6.07) is 16.6. The molecule has 11 heteroatoms. The van der Waals surface area contributed by atoms with Crippen LogP contribution in [0, 0.1) is 6.92 Å². The fourth-order valence-electron chi connectivity index (χ4n) is 4.26. The van der Waals surface area contributed by atoms with Gasteiger partial charge in [-0.25, -0.2) is 0 Å². The zero-order valence-electron chi connectivity index (χ0n) is 21.7. The van der Waals surface area contributed by atoms with Gasteiger partial charge >= 0.3 is 35.9 Å². The van der Waals surface area contributed by atoms with Crippen LogP contribution in [0.25, 0.3) is 16.6 Å². The summed E-state index contributed by atoms with van der Waals surface area (Å²) < 4.78 is 55.3. The SMILES string of the molecule is CCC(Oc1cccc(-n2c(C)c(C(=O)c3ccc(OC)cc3)c3ccc(OC(F)(F)F)cc32)c1)C(=O)[O-].[Na+]. The van der Waals surface area contributed by atoms with Crippen molar-refractivity contribution in [2.45, 2.75) is 32.7 Å². The molecule has 1 atom stereocenters. The van der Waals surface area contributed by atoms with Gasteiger partial charge in [0.05, 0.1) is 24.2 Å². The number of aromatic nitrogens is 1. The van der Waals surface area contributed by atoms with Crippen LogP contribution < -0.4 is 48.9 Å². The molecule has 3 aromatic carbocycles. The average Bonchev–Trinajstić information content (AvgIpc) is 3.16. The quantitative estimate of drug-likeness (QED) is 0.235. The van der Waals surface area contributed by atoms with E-state index in [2.05, 4.69) is 4.74 Å². The Hall–Kier alpha value is -3.47. The minimum absolute atomic E-state index is 0. The number of hydrogen-bond acceptors (Lipinski definition) is 6. The van der Waals surface area contributed by atoms with Gasteiger partial charge in [0, 0.05) is 34.5 Å². The third-order valence-electron chi connectivity index (χ3n) is 5.98. The molecule has 7 nitrogen and oxygen atoms in total.